The summed E-state index contributed by atoms with van der Waals surface area (Å²) in [4.78, 5) is 38.5. The summed E-state index contributed by atoms with van der Waals surface area (Å²) in [5.74, 6) is 0.420. The Morgan fingerprint density at radius 1 is 1.17 bits per heavy atom. The van der Waals surface area contributed by atoms with Crippen LogP contribution in [0.5, 0.6) is 5.75 Å². The molecule has 158 valence electrons. The van der Waals surface area contributed by atoms with Crippen molar-refractivity contribution in [2.45, 2.75) is 44.2 Å². The minimum Gasteiger partial charge on any atom is -0.489 e. The van der Waals surface area contributed by atoms with Gasteiger partial charge in [-0.1, -0.05) is 31.0 Å². The van der Waals surface area contributed by atoms with E-state index in [0.29, 0.717) is 37.1 Å². The third-order valence-electron chi connectivity index (χ3n) is 5.64. The summed E-state index contributed by atoms with van der Waals surface area (Å²) in [6.07, 6.45) is 5.24. The van der Waals surface area contributed by atoms with Crippen molar-refractivity contribution in [2.75, 3.05) is 13.1 Å². The molecule has 0 unspecified atom stereocenters. The second kappa shape index (κ2) is 8.61. The molecule has 1 aromatic heterocycles. The summed E-state index contributed by atoms with van der Waals surface area (Å²) in [6.45, 7) is 0.811. The van der Waals surface area contributed by atoms with Crippen molar-refractivity contribution in [2.24, 2.45) is 0 Å². The molecule has 1 aliphatic heterocycles. The lowest BCUT2D eigenvalue weighted by atomic mass is 9.98. The number of furan rings is 1. The van der Waals surface area contributed by atoms with Crippen molar-refractivity contribution < 1.29 is 23.5 Å². The standard InChI is InChI=1S/C22H25N3O5/c26-19(18-16(9-14-29-18)15-30-17-7-2-1-3-8-17)23-12-6-13-25-20(27)22(24-21(25)28)10-4-5-11-22/h1-3,7-9,14H,4-6,10-13,15H2,(H,23,26)(H,24,28). The van der Waals surface area contributed by atoms with Crippen molar-refractivity contribution in [1.82, 2.24) is 15.5 Å². The van der Waals surface area contributed by atoms with Gasteiger partial charge in [0.2, 0.25) is 0 Å². The highest BCUT2D eigenvalue weighted by Crippen LogP contribution is 2.35. The average molecular weight is 411 g/mol. The van der Waals surface area contributed by atoms with Crippen LogP contribution in [0.4, 0.5) is 4.79 Å². The molecule has 2 fully saturated rings. The predicted molar refractivity (Wildman–Crippen MR) is 108 cm³/mol. The lowest BCUT2D eigenvalue weighted by Gasteiger charge is -2.20. The Morgan fingerprint density at radius 2 is 1.93 bits per heavy atom. The van der Waals surface area contributed by atoms with Crippen LogP contribution >= 0.6 is 0 Å². The number of rotatable bonds is 8. The van der Waals surface area contributed by atoms with Gasteiger partial charge in [0.15, 0.2) is 5.76 Å². The molecule has 4 amide bonds. The maximum Gasteiger partial charge on any atom is 0.325 e. The normalized spacial score (nSPS) is 17.4. The predicted octanol–water partition coefficient (Wildman–Crippen LogP) is 2.84. The second-order valence-corrected chi connectivity index (χ2v) is 7.66. The van der Waals surface area contributed by atoms with E-state index in [0.717, 1.165) is 12.8 Å². The highest BCUT2D eigenvalue weighted by molar-refractivity contribution is 6.07. The Hall–Kier alpha value is -3.29. The van der Waals surface area contributed by atoms with E-state index in [2.05, 4.69) is 10.6 Å². The topological polar surface area (TPSA) is 101 Å². The van der Waals surface area contributed by atoms with E-state index in [1.54, 1.807) is 6.07 Å². The van der Waals surface area contributed by atoms with E-state index in [-0.39, 0.29) is 36.8 Å². The van der Waals surface area contributed by atoms with Crippen LogP contribution in [0, 0.1) is 0 Å². The Morgan fingerprint density at radius 3 is 2.70 bits per heavy atom. The number of ether oxygens (including phenoxy) is 1. The summed E-state index contributed by atoms with van der Waals surface area (Å²) in [6, 6.07) is 10.7. The zero-order valence-corrected chi connectivity index (χ0v) is 16.7. The van der Waals surface area contributed by atoms with Crippen LogP contribution in [0.15, 0.2) is 47.1 Å². The first-order chi connectivity index (χ1) is 14.6. The highest BCUT2D eigenvalue weighted by Gasteiger charge is 2.51. The van der Waals surface area contributed by atoms with Crippen molar-refractivity contribution in [3.63, 3.8) is 0 Å². The minimum atomic E-state index is -0.692. The summed E-state index contributed by atoms with van der Waals surface area (Å²) in [7, 11) is 0. The fourth-order valence-corrected chi connectivity index (χ4v) is 4.04. The van der Waals surface area contributed by atoms with E-state index >= 15 is 0 Å². The lowest BCUT2D eigenvalue weighted by molar-refractivity contribution is -0.131. The first-order valence-corrected chi connectivity index (χ1v) is 10.3. The maximum absolute atomic E-state index is 12.6. The molecule has 1 aliphatic carbocycles. The van der Waals surface area contributed by atoms with Crippen LogP contribution in [0.25, 0.3) is 0 Å². The molecule has 4 rings (SSSR count). The smallest absolute Gasteiger partial charge is 0.325 e. The number of amides is 4. The third kappa shape index (κ3) is 4.03. The number of carbonyl (C=O) groups is 3. The van der Waals surface area contributed by atoms with E-state index in [9.17, 15) is 14.4 Å². The average Bonchev–Trinajstić information content (AvgIpc) is 3.47. The number of nitrogens with one attached hydrogen (secondary N) is 2. The lowest BCUT2D eigenvalue weighted by Crippen LogP contribution is -2.44. The molecule has 2 heterocycles. The number of hydrogen-bond acceptors (Lipinski definition) is 5. The molecule has 2 aliphatic rings. The van der Waals surface area contributed by atoms with Gasteiger partial charge in [0.25, 0.3) is 11.8 Å². The molecule has 2 aromatic rings. The van der Waals surface area contributed by atoms with Gasteiger partial charge >= 0.3 is 6.03 Å². The van der Waals surface area contributed by atoms with Crippen molar-refractivity contribution in [3.05, 3.63) is 54.0 Å². The van der Waals surface area contributed by atoms with Crippen LogP contribution in [0.3, 0.4) is 0 Å². The molecule has 2 N–H and O–H groups in total. The number of carbonyl (C=O) groups excluding carboxylic acids is 3. The monoisotopic (exact) mass is 411 g/mol. The van der Waals surface area contributed by atoms with Gasteiger partial charge in [0.05, 0.1) is 6.26 Å². The number of hydrogen-bond donors (Lipinski definition) is 2. The number of nitrogens with zero attached hydrogens (tertiary/aromatic N) is 1. The molecule has 0 radical (unpaired) electrons. The van der Waals surface area contributed by atoms with Crippen molar-refractivity contribution in [1.29, 1.82) is 0 Å². The van der Waals surface area contributed by atoms with E-state index in [1.165, 1.54) is 11.2 Å². The zero-order chi connectivity index (χ0) is 21.0. The van der Waals surface area contributed by atoms with Crippen LogP contribution in [0.1, 0.15) is 48.2 Å². The van der Waals surface area contributed by atoms with Gasteiger partial charge in [0.1, 0.15) is 17.9 Å². The first kappa shape index (κ1) is 20.0. The van der Waals surface area contributed by atoms with Crippen LogP contribution in [-0.4, -0.2) is 41.4 Å². The SMILES string of the molecule is O=C(NCCCN1C(=O)NC2(CCCC2)C1=O)c1occc1COc1ccccc1. The molecule has 1 saturated carbocycles. The summed E-state index contributed by atoms with van der Waals surface area (Å²) in [5, 5.41) is 5.64. The van der Waals surface area contributed by atoms with E-state index in [1.807, 2.05) is 30.3 Å². The Bertz CT molecular complexity index is 918. The fraction of sp³-hybridized carbons (Fsp3) is 0.409. The van der Waals surface area contributed by atoms with Gasteiger partial charge in [-0.05, 0) is 37.5 Å². The van der Waals surface area contributed by atoms with Crippen LogP contribution in [-0.2, 0) is 11.4 Å². The molecule has 1 spiro atoms. The molecule has 0 atom stereocenters. The molecule has 8 nitrogen and oxygen atoms in total. The largest absolute Gasteiger partial charge is 0.489 e. The molecule has 1 aromatic carbocycles. The quantitative estimate of drug-likeness (QED) is 0.514. The Labute approximate surface area is 174 Å². The van der Waals surface area contributed by atoms with Gasteiger partial charge in [-0.3, -0.25) is 14.5 Å². The van der Waals surface area contributed by atoms with Gasteiger partial charge < -0.3 is 19.8 Å². The fourth-order valence-electron chi connectivity index (χ4n) is 4.04. The molecule has 30 heavy (non-hydrogen) atoms. The molecular weight excluding hydrogens is 386 g/mol. The number of para-hydroxylation sites is 1. The van der Waals surface area contributed by atoms with Crippen molar-refractivity contribution >= 4 is 17.8 Å². The first-order valence-electron chi connectivity index (χ1n) is 10.3. The Kier molecular flexibility index (Phi) is 5.74. The number of imide groups is 1. The molecule has 8 heteroatoms. The minimum absolute atomic E-state index is 0.136. The van der Waals surface area contributed by atoms with Gasteiger partial charge in [0, 0.05) is 18.7 Å². The summed E-state index contributed by atoms with van der Waals surface area (Å²) in [5.41, 5.74) is -0.0454. The van der Waals surface area contributed by atoms with Crippen LogP contribution < -0.4 is 15.4 Å². The van der Waals surface area contributed by atoms with Gasteiger partial charge in [-0.15, -0.1) is 0 Å². The van der Waals surface area contributed by atoms with Crippen LogP contribution in [0.2, 0.25) is 0 Å². The molecule has 0 bridgehead atoms. The maximum atomic E-state index is 12.6. The van der Waals surface area contributed by atoms with Crippen molar-refractivity contribution in [3.8, 4) is 5.75 Å². The third-order valence-corrected chi connectivity index (χ3v) is 5.64. The van der Waals surface area contributed by atoms with Gasteiger partial charge in [-0.2, -0.15) is 0 Å². The summed E-state index contributed by atoms with van der Waals surface area (Å²) >= 11 is 0. The number of benzene rings is 1. The van der Waals surface area contributed by atoms with E-state index < -0.39 is 5.54 Å². The molecule has 1 saturated heterocycles. The zero-order valence-electron chi connectivity index (χ0n) is 16.7. The Balaban J connectivity index is 1.24. The molecular formula is C22H25N3O5. The van der Waals surface area contributed by atoms with E-state index in [4.69, 9.17) is 9.15 Å². The summed E-state index contributed by atoms with van der Waals surface area (Å²) < 4.78 is 11.0. The highest BCUT2D eigenvalue weighted by atomic mass is 16.5. The second-order valence-electron chi connectivity index (χ2n) is 7.66. The number of urea groups is 1. The van der Waals surface area contributed by atoms with Gasteiger partial charge in [-0.25, -0.2) is 4.79 Å².